The van der Waals surface area contributed by atoms with Gasteiger partial charge in [0.05, 0.1) is 16.7 Å². The molecule has 0 atom stereocenters. The Labute approximate surface area is 137 Å². The monoisotopic (exact) mass is 342 g/mol. The molecule has 1 saturated heterocycles. The van der Waals surface area contributed by atoms with Crippen molar-refractivity contribution in [3.8, 4) is 5.75 Å². The van der Waals surface area contributed by atoms with E-state index in [9.17, 15) is 13.2 Å². The maximum Gasteiger partial charge on any atom is 0.573 e. The van der Waals surface area contributed by atoms with Crippen molar-refractivity contribution in [1.29, 1.82) is 0 Å². The second-order valence-corrected chi connectivity index (χ2v) is 6.89. The Hall–Kier alpha value is -1.74. The maximum absolute atomic E-state index is 12.8. The zero-order chi connectivity index (χ0) is 17.9. The lowest BCUT2D eigenvalue weighted by Crippen LogP contribution is -2.41. The topological polar surface area (TPSA) is 45.5 Å². The molecule has 2 aromatic rings. The van der Waals surface area contributed by atoms with Crippen LogP contribution in [0.2, 0.25) is 0 Å². The lowest BCUT2D eigenvalue weighted by Gasteiger charge is -2.32. The summed E-state index contributed by atoms with van der Waals surface area (Å²) in [5.74, 6) is -0.368. The molecule has 2 heterocycles. The third-order valence-electron chi connectivity index (χ3n) is 4.48. The molecular weight excluding hydrogens is 324 g/mol. The van der Waals surface area contributed by atoms with Crippen LogP contribution < -0.4 is 10.2 Å². The molecule has 1 aromatic carbocycles. The minimum absolute atomic E-state index is 0.187. The number of halogens is 3. The number of hydrogen-bond donors (Lipinski definition) is 0. The fourth-order valence-corrected chi connectivity index (χ4v) is 2.56. The van der Waals surface area contributed by atoms with Gasteiger partial charge in [0.25, 0.3) is 0 Å². The van der Waals surface area contributed by atoms with Gasteiger partial charge in [-0.25, -0.2) is 0 Å². The fraction of sp³-hybridized carbons (Fsp3) is 0.533. The highest BCUT2D eigenvalue weighted by atomic mass is 19.4. The Morgan fingerprint density at radius 2 is 1.71 bits per heavy atom. The average Bonchev–Trinajstić information content (AvgIpc) is 2.82. The molecule has 5 nitrogen and oxygen atoms in total. The Morgan fingerprint density at radius 1 is 1.12 bits per heavy atom. The van der Waals surface area contributed by atoms with E-state index in [1.54, 1.807) is 19.3 Å². The molecule has 1 aliphatic heterocycles. The third kappa shape index (κ3) is 2.98. The number of alkyl halides is 3. The van der Waals surface area contributed by atoms with Gasteiger partial charge in [-0.05, 0) is 33.8 Å². The molecule has 24 heavy (non-hydrogen) atoms. The summed E-state index contributed by atoms with van der Waals surface area (Å²) in [6.07, 6.45) is -3.11. The molecule has 0 radical (unpaired) electrons. The molecule has 1 aromatic heterocycles. The van der Waals surface area contributed by atoms with Gasteiger partial charge < -0.3 is 14.0 Å². The van der Waals surface area contributed by atoms with E-state index in [-0.39, 0.29) is 11.2 Å². The highest BCUT2D eigenvalue weighted by molar-refractivity contribution is 6.63. The minimum Gasteiger partial charge on any atom is -0.406 e. The fourth-order valence-electron chi connectivity index (χ4n) is 2.56. The van der Waals surface area contributed by atoms with Crippen LogP contribution in [0.1, 0.15) is 27.7 Å². The lowest BCUT2D eigenvalue weighted by molar-refractivity contribution is -0.274. The van der Waals surface area contributed by atoms with Crippen molar-refractivity contribution in [2.45, 2.75) is 45.3 Å². The van der Waals surface area contributed by atoms with Crippen molar-refractivity contribution in [2.24, 2.45) is 7.05 Å². The molecular formula is C15H18BF3N2O3. The van der Waals surface area contributed by atoms with E-state index < -0.39 is 24.7 Å². The van der Waals surface area contributed by atoms with Gasteiger partial charge in [0.2, 0.25) is 0 Å². The van der Waals surface area contributed by atoms with Crippen molar-refractivity contribution < 1.29 is 27.2 Å². The van der Waals surface area contributed by atoms with Gasteiger partial charge in [-0.1, -0.05) is 0 Å². The highest BCUT2D eigenvalue weighted by Gasteiger charge is 2.53. The van der Waals surface area contributed by atoms with Crippen molar-refractivity contribution >= 4 is 23.5 Å². The van der Waals surface area contributed by atoms with Gasteiger partial charge in [0, 0.05) is 30.2 Å². The Morgan fingerprint density at radius 3 is 2.25 bits per heavy atom. The number of hydrogen-bond acceptors (Lipinski definition) is 4. The van der Waals surface area contributed by atoms with Crippen LogP contribution in [0.15, 0.2) is 18.3 Å². The average molecular weight is 342 g/mol. The summed E-state index contributed by atoms with van der Waals surface area (Å²) in [5, 5.41) is 4.79. The first-order valence-corrected chi connectivity index (χ1v) is 7.47. The van der Waals surface area contributed by atoms with Gasteiger partial charge in [-0.3, -0.25) is 4.68 Å². The smallest absolute Gasteiger partial charge is 0.406 e. The van der Waals surface area contributed by atoms with Crippen molar-refractivity contribution in [2.75, 3.05) is 0 Å². The molecule has 0 bridgehead atoms. The van der Waals surface area contributed by atoms with Gasteiger partial charge in [0.15, 0.2) is 0 Å². The van der Waals surface area contributed by atoms with E-state index in [1.165, 1.54) is 10.7 Å². The van der Waals surface area contributed by atoms with E-state index in [1.807, 2.05) is 27.7 Å². The number of benzene rings is 1. The summed E-state index contributed by atoms with van der Waals surface area (Å²) in [7, 11) is 0.732. The van der Waals surface area contributed by atoms with E-state index in [0.29, 0.717) is 10.9 Å². The molecule has 0 amide bonds. The number of aryl methyl sites for hydroxylation is 1. The Bertz CT molecular complexity index is 770. The number of ether oxygens (including phenoxy) is 1. The van der Waals surface area contributed by atoms with Crippen LogP contribution in [0.4, 0.5) is 13.2 Å². The molecule has 1 fully saturated rings. The summed E-state index contributed by atoms with van der Waals surface area (Å²) in [5.41, 5.74) is -0.753. The number of aromatic nitrogens is 2. The van der Waals surface area contributed by atoms with Crippen LogP contribution in [0.25, 0.3) is 10.9 Å². The molecule has 130 valence electrons. The second kappa shape index (κ2) is 5.13. The molecule has 0 unspecified atom stereocenters. The minimum atomic E-state index is -4.82. The summed E-state index contributed by atoms with van der Waals surface area (Å²) < 4.78 is 55.8. The summed E-state index contributed by atoms with van der Waals surface area (Å²) in [6, 6.07) is 2.81. The first-order chi connectivity index (χ1) is 10.9. The molecule has 9 heteroatoms. The highest BCUT2D eigenvalue weighted by Crippen LogP contribution is 2.38. The predicted octanol–water partition coefficient (Wildman–Crippen LogP) is 2.77. The van der Waals surface area contributed by atoms with Crippen LogP contribution in [0, 0.1) is 0 Å². The quantitative estimate of drug-likeness (QED) is 0.788. The first-order valence-electron chi connectivity index (χ1n) is 7.47. The Kier molecular flexibility index (Phi) is 3.65. The SMILES string of the molecule is Cn1cc2cc(B3OC(C)(C)C(C)(C)O3)c(OC(F)(F)F)cc2n1. The van der Waals surface area contributed by atoms with Crippen LogP contribution in [-0.4, -0.2) is 34.5 Å². The molecule has 0 saturated carbocycles. The number of rotatable bonds is 2. The van der Waals surface area contributed by atoms with E-state index >= 15 is 0 Å². The van der Waals surface area contributed by atoms with Gasteiger partial charge in [-0.2, -0.15) is 5.10 Å². The molecule has 1 aliphatic rings. The standard InChI is InChI=1S/C15H18BF3N2O3/c1-13(2)14(3,4)24-16(23-13)10-6-9-8-21(5)20-11(9)7-12(10)22-15(17,18)19/h6-8H,1-5H3. The summed E-state index contributed by atoms with van der Waals surface area (Å²) >= 11 is 0. The van der Waals surface area contributed by atoms with Crippen molar-refractivity contribution in [3.05, 3.63) is 18.3 Å². The van der Waals surface area contributed by atoms with Crippen molar-refractivity contribution in [3.63, 3.8) is 0 Å². The molecule has 0 spiro atoms. The predicted molar refractivity (Wildman–Crippen MR) is 83.1 cm³/mol. The summed E-state index contributed by atoms with van der Waals surface area (Å²) in [4.78, 5) is 0. The largest absolute Gasteiger partial charge is 0.573 e. The van der Waals surface area contributed by atoms with Crippen LogP contribution in [0.5, 0.6) is 5.75 Å². The second-order valence-electron chi connectivity index (χ2n) is 6.89. The normalized spacial score (nSPS) is 19.9. The molecule has 0 aliphatic carbocycles. The van der Waals surface area contributed by atoms with Crippen LogP contribution >= 0.6 is 0 Å². The van der Waals surface area contributed by atoms with Gasteiger partial charge >= 0.3 is 13.5 Å². The van der Waals surface area contributed by atoms with Crippen LogP contribution in [-0.2, 0) is 16.4 Å². The Balaban J connectivity index is 2.10. The zero-order valence-corrected chi connectivity index (χ0v) is 14.1. The zero-order valence-electron chi connectivity index (χ0n) is 14.1. The lowest BCUT2D eigenvalue weighted by atomic mass is 9.78. The van der Waals surface area contributed by atoms with Gasteiger partial charge in [0.1, 0.15) is 5.75 Å². The van der Waals surface area contributed by atoms with Crippen molar-refractivity contribution in [1.82, 2.24) is 9.78 Å². The maximum atomic E-state index is 12.8. The van der Waals surface area contributed by atoms with Gasteiger partial charge in [-0.15, -0.1) is 13.2 Å². The summed E-state index contributed by atoms with van der Waals surface area (Å²) in [6.45, 7) is 7.33. The number of fused-ring (bicyclic) bond motifs is 1. The first kappa shape index (κ1) is 17.1. The molecule has 3 rings (SSSR count). The number of nitrogens with zero attached hydrogens (tertiary/aromatic N) is 2. The molecule has 0 N–H and O–H groups in total. The van der Waals surface area contributed by atoms with Crippen LogP contribution in [0.3, 0.4) is 0 Å². The van der Waals surface area contributed by atoms with E-state index in [0.717, 1.165) is 0 Å². The third-order valence-corrected chi connectivity index (χ3v) is 4.48. The van der Waals surface area contributed by atoms with E-state index in [4.69, 9.17) is 9.31 Å². The van der Waals surface area contributed by atoms with E-state index in [2.05, 4.69) is 9.84 Å².